The molecule has 1 amide bonds. The van der Waals surface area contributed by atoms with E-state index in [0.717, 1.165) is 23.3 Å². The maximum atomic E-state index is 12.7. The number of hydrogen-bond acceptors (Lipinski definition) is 4. The molecule has 1 aliphatic rings. The Balaban J connectivity index is 1.55. The van der Waals surface area contributed by atoms with E-state index in [1.807, 2.05) is 54.6 Å². The van der Waals surface area contributed by atoms with Crippen molar-refractivity contribution in [2.45, 2.75) is 19.4 Å². The minimum atomic E-state index is -0.247. The Morgan fingerprint density at radius 1 is 1.12 bits per heavy atom. The summed E-state index contributed by atoms with van der Waals surface area (Å²) in [4.78, 5) is 17.0. The number of benzene rings is 2. The SMILES string of the molecule is Cc1nc(C(=O)N[C@H]2COc3ccccc3C2)c(-c2ccccc2)o1. The van der Waals surface area contributed by atoms with Crippen molar-refractivity contribution in [1.29, 1.82) is 0 Å². The number of aryl methyl sites for hydroxylation is 1. The van der Waals surface area contributed by atoms with Gasteiger partial charge in [-0.15, -0.1) is 0 Å². The minimum Gasteiger partial charge on any atom is -0.491 e. The summed E-state index contributed by atoms with van der Waals surface area (Å²) >= 11 is 0. The summed E-state index contributed by atoms with van der Waals surface area (Å²) in [6, 6.07) is 17.3. The van der Waals surface area contributed by atoms with Crippen molar-refractivity contribution in [3.8, 4) is 17.1 Å². The molecule has 0 radical (unpaired) electrons. The van der Waals surface area contributed by atoms with Gasteiger partial charge in [-0.3, -0.25) is 4.79 Å². The van der Waals surface area contributed by atoms with Crippen LogP contribution < -0.4 is 10.1 Å². The van der Waals surface area contributed by atoms with Gasteiger partial charge in [0.25, 0.3) is 5.91 Å². The summed E-state index contributed by atoms with van der Waals surface area (Å²) in [7, 11) is 0. The third kappa shape index (κ3) is 3.13. The zero-order valence-corrected chi connectivity index (χ0v) is 13.9. The Morgan fingerprint density at radius 2 is 1.88 bits per heavy atom. The average Bonchev–Trinajstić information content (AvgIpc) is 3.04. The Hall–Kier alpha value is -3.08. The van der Waals surface area contributed by atoms with Gasteiger partial charge in [-0.05, 0) is 18.1 Å². The summed E-state index contributed by atoms with van der Waals surface area (Å²) < 4.78 is 11.4. The molecule has 2 aromatic carbocycles. The summed E-state index contributed by atoms with van der Waals surface area (Å²) in [5.41, 5.74) is 2.24. The highest BCUT2D eigenvalue weighted by atomic mass is 16.5. The molecular formula is C20H18N2O3. The zero-order chi connectivity index (χ0) is 17.2. The molecule has 1 atom stereocenters. The van der Waals surface area contributed by atoms with Gasteiger partial charge >= 0.3 is 0 Å². The van der Waals surface area contributed by atoms with Crippen LogP contribution in [0.5, 0.6) is 5.75 Å². The number of amides is 1. The predicted molar refractivity (Wildman–Crippen MR) is 93.6 cm³/mol. The molecule has 4 rings (SSSR count). The van der Waals surface area contributed by atoms with Gasteiger partial charge in [0, 0.05) is 12.5 Å². The predicted octanol–water partition coefficient (Wildman–Crippen LogP) is 3.38. The number of para-hydroxylation sites is 1. The van der Waals surface area contributed by atoms with E-state index >= 15 is 0 Å². The molecule has 1 N–H and O–H groups in total. The van der Waals surface area contributed by atoms with E-state index in [9.17, 15) is 4.79 Å². The lowest BCUT2D eigenvalue weighted by molar-refractivity contribution is 0.0911. The fraction of sp³-hybridized carbons (Fsp3) is 0.200. The van der Waals surface area contributed by atoms with E-state index in [2.05, 4.69) is 10.3 Å². The zero-order valence-electron chi connectivity index (χ0n) is 13.9. The Morgan fingerprint density at radius 3 is 2.72 bits per heavy atom. The first-order chi connectivity index (χ1) is 12.2. The lowest BCUT2D eigenvalue weighted by atomic mass is 10.0. The lowest BCUT2D eigenvalue weighted by Gasteiger charge is -2.25. The smallest absolute Gasteiger partial charge is 0.274 e. The van der Waals surface area contributed by atoms with E-state index in [1.165, 1.54) is 0 Å². The second kappa shape index (κ2) is 6.43. The van der Waals surface area contributed by atoms with Gasteiger partial charge in [0.1, 0.15) is 12.4 Å². The molecule has 25 heavy (non-hydrogen) atoms. The highest BCUT2D eigenvalue weighted by Gasteiger charge is 2.25. The molecule has 5 heteroatoms. The first-order valence-corrected chi connectivity index (χ1v) is 8.25. The Labute approximate surface area is 145 Å². The molecule has 0 spiro atoms. The second-order valence-corrected chi connectivity index (χ2v) is 6.07. The number of carbonyl (C=O) groups excluding carboxylic acids is 1. The Kier molecular flexibility index (Phi) is 3.98. The van der Waals surface area contributed by atoms with Crippen LogP contribution in [0.4, 0.5) is 0 Å². The monoisotopic (exact) mass is 334 g/mol. The minimum absolute atomic E-state index is 0.0944. The highest BCUT2D eigenvalue weighted by Crippen LogP contribution is 2.26. The summed E-state index contributed by atoms with van der Waals surface area (Å²) in [5, 5.41) is 3.01. The number of aromatic nitrogens is 1. The molecule has 3 aromatic rings. The van der Waals surface area contributed by atoms with E-state index < -0.39 is 0 Å². The number of nitrogens with one attached hydrogen (secondary N) is 1. The number of nitrogens with zero attached hydrogens (tertiary/aromatic N) is 1. The maximum Gasteiger partial charge on any atom is 0.274 e. The van der Waals surface area contributed by atoms with Crippen LogP contribution >= 0.6 is 0 Å². The topological polar surface area (TPSA) is 64.4 Å². The normalized spacial score (nSPS) is 16.0. The van der Waals surface area contributed by atoms with Crippen molar-refractivity contribution in [3.05, 3.63) is 71.7 Å². The molecule has 0 aliphatic carbocycles. The van der Waals surface area contributed by atoms with Crippen LogP contribution in [0.1, 0.15) is 21.9 Å². The van der Waals surface area contributed by atoms with Crippen LogP contribution in [0, 0.1) is 6.92 Å². The van der Waals surface area contributed by atoms with E-state index in [0.29, 0.717) is 24.0 Å². The van der Waals surface area contributed by atoms with Crippen LogP contribution in [0.2, 0.25) is 0 Å². The van der Waals surface area contributed by atoms with Gasteiger partial charge in [-0.25, -0.2) is 4.98 Å². The molecule has 1 aliphatic heterocycles. The van der Waals surface area contributed by atoms with Crippen LogP contribution in [-0.2, 0) is 6.42 Å². The van der Waals surface area contributed by atoms with Gasteiger partial charge in [-0.1, -0.05) is 48.5 Å². The van der Waals surface area contributed by atoms with Gasteiger partial charge in [0.15, 0.2) is 17.3 Å². The van der Waals surface area contributed by atoms with Crippen LogP contribution in [0.15, 0.2) is 59.0 Å². The molecule has 0 unspecified atom stereocenters. The van der Waals surface area contributed by atoms with Gasteiger partial charge in [-0.2, -0.15) is 0 Å². The molecule has 5 nitrogen and oxygen atoms in total. The van der Waals surface area contributed by atoms with Crippen molar-refractivity contribution in [2.75, 3.05) is 6.61 Å². The largest absolute Gasteiger partial charge is 0.491 e. The van der Waals surface area contributed by atoms with Crippen molar-refractivity contribution in [3.63, 3.8) is 0 Å². The van der Waals surface area contributed by atoms with Gasteiger partial charge in [0.05, 0.1) is 6.04 Å². The number of oxazole rings is 1. The number of hydrogen-bond donors (Lipinski definition) is 1. The molecule has 0 saturated carbocycles. The number of ether oxygens (including phenoxy) is 1. The van der Waals surface area contributed by atoms with E-state index in [4.69, 9.17) is 9.15 Å². The third-order valence-electron chi connectivity index (χ3n) is 4.20. The van der Waals surface area contributed by atoms with Crippen molar-refractivity contribution in [1.82, 2.24) is 10.3 Å². The highest BCUT2D eigenvalue weighted by molar-refractivity contribution is 5.97. The first kappa shape index (κ1) is 15.4. The molecular weight excluding hydrogens is 316 g/mol. The molecule has 0 saturated heterocycles. The molecule has 0 fully saturated rings. The fourth-order valence-corrected chi connectivity index (χ4v) is 3.04. The molecule has 1 aromatic heterocycles. The second-order valence-electron chi connectivity index (χ2n) is 6.07. The molecule has 0 bridgehead atoms. The fourth-order valence-electron chi connectivity index (χ4n) is 3.04. The van der Waals surface area contributed by atoms with Crippen molar-refractivity contribution < 1.29 is 13.9 Å². The van der Waals surface area contributed by atoms with E-state index in [-0.39, 0.29) is 11.9 Å². The number of carbonyl (C=O) groups is 1. The van der Waals surface area contributed by atoms with Crippen LogP contribution in [0.25, 0.3) is 11.3 Å². The van der Waals surface area contributed by atoms with Gasteiger partial charge < -0.3 is 14.5 Å². The number of rotatable bonds is 3. The summed E-state index contributed by atoms with van der Waals surface area (Å²) in [5.74, 6) is 1.60. The summed E-state index contributed by atoms with van der Waals surface area (Å²) in [6.07, 6.45) is 0.736. The quantitative estimate of drug-likeness (QED) is 0.797. The van der Waals surface area contributed by atoms with Crippen LogP contribution in [0.3, 0.4) is 0 Å². The standard InChI is InChI=1S/C20H18N2O3/c1-13-21-18(19(25-13)14-7-3-2-4-8-14)20(23)22-16-11-15-9-5-6-10-17(15)24-12-16/h2-10,16H,11-12H2,1H3,(H,22,23)/t16-/m1/s1. The first-order valence-electron chi connectivity index (χ1n) is 8.25. The third-order valence-corrected chi connectivity index (χ3v) is 4.20. The van der Waals surface area contributed by atoms with Crippen LogP contribution in [-0.4, -0.2) is 23.5 Å². The number of fused-ring (bicyclic) bond motifs is 1. The maximum absolute atomic E-state index is 12.7. The lowest BCUT2D eigenvalue weighted by Crippen LogP contribution is -2.43. The molecule has 2 heterocycles. The molecule has 126 valence electrons. The summed E-state index contributed by atoms with van der Waals surface area (Å²) in [6.45, 7) is 2.18. The van der Waals surface area contributed by atoms with Gasteiger partial charge in [0.2, 0.25) is 0 Å². The Bertz CT molecular complexity index is 902. The van der Waals surface area contributed by atoms with Crippen molar-refractivity contribution >= 4 is 5.91 Å². The average molecular weight is 334 g/mol. The van der Waals surface area contributed by atoms with Crippen molar-refractivity contribution in [2.24, 2.45) is 0 Å². The van der Waals surface area contributed by atoms with E-state index in [1.54, 1.807) is 6.92 Å².